The Kier molecular flexibility index (Phi) is 5.33. The van der Waals surface area contributed by atoms with Crippen LogP contribution in [0.3, 0.4) is 0 Å². The summed E-state index contributed by atoms with van der Waals surface area (Å²) in [7, 11) is 4.01. The van der Waals surface area contributed by atoms with Crippen LogP contribution >= 0.6 is 0 Å². The van der Waals surface area contributed by atoms with Gasteiger partial charge in [0.15, 0.2) is 12.1 Å². The Bertz CT molecular complexity index is 617. The minimum absolute atomic E-state index is 0.113. The number of oxazole rings is 1. The van der Waals surface area contributed by atoms with Crippen molar-refractivity contribution < 1.29 is 9.21 Å². The number of carbonyl (C=O) groups excluding carboxylic acids is 1. The quantitative estimate of drug-likeness (QED) is 0.891. The number of rotatable bonds is 6. The average Bonchev–Trinajstić information content (AvgIpc) is 2.97. The molecule has 1 aromatic heterocycles. The number of aryl methyl sites for hydroxylation is 2. The zero-order valence-corrected chi connectivity index (χ0v) is 13.6. The lowest BCUT2D eigenvalue weighted by molar-refractivity contribution is 0.0935. The third-order valence-electron chi connectivity index (χ3n) is 3.72. The summed E-state index contributed by atoms with van der Waals surface area (Å²) >= 11 is 0. The van der Waals surface area contributed by atoms with E-state index in [1.54, 1.807) is 0 Å². The van der Waals surface area contributed by atoms with Crippen molar-refractivity contribution in [3.63, 3.8) is 0 Å². The molecule has 1 N–H and O–H groups in total. The van der Waals surface area contributed by atoms with E-state index in [-0.39, 0.29) is 11.9 Å². The number of benzene rings is 1. The van der Waals surface area contributed by atoms with Crippen LogP contribution < -0.4 is 5.32 Å². The highest BCUT2D eigenvalue weighted by Crippen LogP contribution is 2.18. The van der Waals surface area contributed by atoms with Crippen LogP contribution in [0.1, 0.15) is 40.3 Å². The highest BCUT2D eigenvalue weighted by Gasteiger charge is 2.19. The minimum atomic E-state index is -0.190. The van der Waals surface area contributed by atoms with Crippen molar-refractivity contribution in [2.45, 2.75) is 26.3 Å². The normalized spacial score (nSPS) is 12.4. The van der Waals surface area contributed by atoms with Crippen molar-refractivity contribution >= 4 is 5.91 Å². The SMILES string of the molecule is CCc1ocnc1C(=O)NC[C@H](c1ccc(C)cc1)N(C)C. The van der Waals surface area contributed by atoms with Gasteiger partial charge in [-0.1, -0.05) is 36.8 Å². The second-order valence-electron chi connectivity index (χ2n) is 5.58. The molecule has 118 valence electrons. The smallest absolute Gasteiger partial charge is 0.273 e. The molecule has 22 heavy (non-hydrogen) atoms. The molecule has 2 rings (SSSR count). The lowest BCUT2D eigenvalue weighted by atomic mass is 10.0. The Morgan fingerprint density at radius 1 is 1.32 bits per heavy atom. The lowest BCUT2D eigenvalue weighted by Gasteiger charge is -2.25. The first kappa shape index (κ1) is 16.2. The van der Waals surface area contributed by atoms with Gasteiger partial charge in [0.05, 0.1) is 6.04 Å². The van der Waals surface area contributed by atoms with Gasteiger partial charge in [-0.15, -0.1) is 0 Å². The number of aromatic nitrogens is 1. The molecule has 1 atom stereocenters. The van der Waals surface area contributed by atoms with Crippen molar-refractivity contribution in [2.24, 2.45) is 0 Å². The summed E-state index contributed by atoms with van der Waals surface area (Å²) in [5, 5.41) is 2.95. The third kappa shape index (κ3) is 3.74. The van der Waals surface area contributed by atoms with Gasteiger partial charge in [0.1, 0.15) is 5.76 Å². The van der Waals surface area contributed by atoms with E-state index >= 15 is 0 Å². The number of amides is 1. The zero-order chi connectivity index (χ0) is 16.1. The Labute approximate surface area is 131 Å². The first-order valence-corrected chi connectivity index (χ1v) is 7.46. The summed E-state index contributed by atoms with van der Waals surface area (Å²) in [5.74, 6) is 0.429. The number of hydrogen-bond acceptors (Lipinski definition) is 4. The van der Waals surface area contributed by atoms with Gasteiger partial charge in [-0.2, -0.15) is 0 Å². The Morgan fingerprint density at radius 3 is 2.59 bits per heavy atom. The molecule has 0 saturated carbocycles. The first-order valence-electron chi connectivity index (χ1n) is 7.46. The Morgan fingerprint density at radius 2 is 2.00 bits per heavy atom. The van der Waals surface area contributed by atoms with Gasteiger partial charge in [0.25, 0.3) is 5.91 Å². The third-order valence-corrected chi connectivity index (χ3v) is 3.72. The highest BCUT2D eigenvalue weighted by atomic mass is 16.3. The van der Waals surface area contributed by atoms with Crippen LogP contribution in [0.15, 0.2) is 35.1 Å². The predicted octanol–water partition coefficient (Wildman–Crippen LogP) is 2.58. The monoisotopic (exact) mass is 301 g/mol. The molecule has 0 aliphatic heterocycles. The molecule has 0 unspecified atom stereocenters. The summed E-state index contributed by atoms with van der Waals surface area (Å²) in [5.41, 5.74) is 2.77. The van der Waals surface area contributed by atoms with Crippen molar-refractivity contribution in [1.29, 1.82) is 0 Å². The van der Waals surface area contributed by atoms with E-state index < -0.39 is 0 Å². The van der Waals surface area contributed by atoms with Gasteiger partial charge in [0.2, 0.25) is 0 Å². The van der Waals surface area contributed by atoms with E-state index in [4.69, 9.17) is 4.42 Å². The average molecular weight is 301 g/mol. The number of nitrogens with one attached hydrogen (secondary N) is 1. The van der Waals surface area contributed by atoms with Crippen molar-refractivity contribution in [3.05, 3.63) is 53.2 Å². The van der Waals surface area contributed by atoms with Gasteiger partial charge in [-0.05, 0) is 26.6 Å². The molecule has 0 aliphatic rings. The molecular formula is C17H23N3O2. The van der Waals surface area contributed by atoms with Crippen molar-refractivity contribution in [2.75, 3.05) is 20.6 Å². The fraction of sp³-hybridized carbons (Fsp3) is 0.412. The van der Waals surface area contributed by atoms with Gasteiger partial charge < -0.3 is 14.6 Å². The molecule has 0 bridgehead atoms. The number of carbonyl (C=O) groups is 1. The molecule has 1 heterocycles. The number of nitrogens with zero attached hydrogens (tertiary/aromatic N) is 2. The van der Waals surface area contributed by atoms with Crippen LogP contribution in [-0.4, -0.2) is 36.4 Å². The van der Waals surface area contributed by atoms with E-state index in [0.29, 0.717) is 24.4 Å². The summed E-state index contributed by atoms with van der Waals surface area (Å²) < 4.78 is 5.20. The molecular weight excluding hydrogens is 278 g/mol. The second-order valence-corrected chi connectivity index (χ2v) is 5.58. The highest BCUT2D eigenvalue weighted by molar-refractivity contribution is 5.93. The van der Waals surface area contributed by atoms with E-state index in [0.717, 1.165) is 0 Å². The molecule has 0 fully saturated rings. The van der Waals surface area contributed by atoms with Crippen LogP contribution in [0.5, 0.6) is 0 Å². The maximum absolute atomic E-state index is 12.2. The molecule has 0 saturated heterocycles. The maximum Gasteiger partial charge on any atom is 0.273 e. The van der Waals surface area contributed by atoms with Crippen LogP contribution in [-0.2, 0) is 6.42 Å². The molecule has 2 aromatic rings. The second kappa shape index (κ2) is 7.22. The van der Waals surface area contributed by atoms with Gasteiger partial charge >= 0.3 is 0 Å². The molecule has 1 aromatic carbocycles. The number of hydrogen-bond donors (Lipinski definition) is 1. The van der Waals surface area contributed by atoms with Gasteiger partial charge in [0, 0.05) is 13.0 Å². The van der Waals surface area contributed by atoms with E-state index in [1.807, 2.05) is 21.0 Å². The summed E-state index contributed by atoms with van der Waals surface area (Å²) in [6, 6.07) is 8.47. The molecule has 5 nitrogen and oxygen atoms in total. The summed E-state index contributed by atoms with van der Waals surface area (Å²) in [6.07, 6.45) is 1.97. The molecule has 1 amide bonds. The molecule has 0 radical (unpaired) electrons. The Hall–Kier alpha value is -2.14. The van der Waals surface area contributed by atoms with E-state index in [2.05, 4.69) is 46.4 Å². The minimum Gasteiger partial charge on any atom is -0.448 e. The standard InChI is InChI=1S/C17H23N3O2/c1-5-15-16(19-11-22-15)17(21)18-10-14(20(3)4)13-8-6-12(2)7-9-13/h6-9,11,14H,5,10H2,1-4H3,(H,18,21)/t14-/m1/s1. The van der Waals surface area contributed by atoms with Crippen molar-refractivity contribution in [1.82, 2.24) is 15.2 Å². The van der Waals surface area contributed by atoms with Gasteiger partial charge in [-0.3, -0.25) is 4.79 Å². The van der Waals surface area contributed by atoms with E-state index in [1.165, 1.54) is 17.5 Å². The summed E-state index contributed by atoms with van der Waals surface area (Å²) in [4.78, 5) is 18.3. The number of likely N-dealkylation sites (N-methyl/N-ethyl adjacent to an activating group) is 1. The topological polar surface area (TPSA) is 58.4 Å². The molecule has 0 spiro atoms. The molecule has 5 heteroatoms. The predicted molar refractivity (Wildman–Crippen MR) is 85.8 cm³/mol. The Balaban J connectivity index is 2.06. The summed E-state index contributed by atoms with van der Waals surface area (Å²) in [6.45, 7) is 4.52. The fourth-order valence-corrected chi connectivity index (χ4v) is 2.37. The largest absolute Gasteiger partial charge is 0.448 e. The zero-order valence-electron chi connectivity index (χ0n) is 13.6. The van der Waals surface area contributed by atoms with Crippen LogP contribution in [0.4, 0.5) is 0 Å². The molecule has 0 aliphatic carbocycles. The lowest BCUT2D eigenvalue weighted by Crippen LogP contribution is -2.35. The van der Waals surface area contributed by atoms with Crippen LogP contribution in [0, 0.1) is 6.92 Å². The van der Waals surface area contributed by atoms with E-state index in [9.17, 15) is 4.79 Å². The van der Waals surface area contributed by atoms with Gasteiger partial charge in [-0.25, -0.2) is 4.98 Å². The van der Waals surface area contributed by atoms with Crippen LogP contribution in [0.25, 0.3) is 0 Å². The fourth-order valence-electron chi connectivity index (χ4n) is 2.37. The first-order chi connectivity index (χ1) is 10.5. The van der Waals surface area contributed by atoms with Crippen LogP contribution in [0.2, 0.25) is 0 Å². The van der Waals surface area contributed by atoms with Crippen molar-refractivity contribution in [3.8, 4) is 0 Å². The maximum atomic E-state index is 12.2.